The van der Waals surface area contributed by atoms with Crippen LogP contribution in [0.4, 0.5) is 17.1 Å². The Morgan fingerprint density at radius 1 is 1.12 bits per heavy atom. The van der Waals surface area contributed by atoms with Gasteiger partial charge in [-0.15, -0.1) is 0 Å². The third-order valence-electron chi connectivity index (χ3n) is 3.39. The number of rotatable bonds is 4. The van der Waals surface area contributed by atoms with E-state index in [2.05, 4.69) is 5.32 Å². The molecular weight excluding hydrogens is 316 g/mol. The van der Waals surface area contributed by atoms with Crippen molar-refractivity contribution in [3.8, 4) is 0 Å². The average molecular weight is 326 g/mol. The number of carboxylic acid groups (broad SMARTS) is 1. The van der Waals surface area contributed by atoms with Crippen LogP contribution >= 0.6 is 0 Å². The molecule has 1 heterocycles. The van der Waals surface area contributed by atoms with Crippen LogP contribution < -0.4 is 10.9 Å². The van der Waals surface area contributed by atoms with E-state index < -0.39 is 22.2 Å². The molecule has 0 spiro atoms. The fourth-order valence-electron chi connectivity index (χ4n) is 2.35. The molecule has 0 amide bonds. The molecule has 0 atom stereocenters. The van der Waals surface area contributed by atoms with Gasteiger partial charge < -0.3 is 14.8 Å². The van der Waals surface area contributed by atoms with Crippen molar-refractivity contribution in [3.63, 3.8) is 0 Å². The van der Waals surface area contributed by atoms with Crippen LogP contribution in [-0.4, -0.2) is 16.0 Å². The first-order valence-electron chi connectivity index (χ1n) is 6.78. The maximum absolute atomic E-state index is 11.9. The smallest absolute Gasteiger partial charge is 0.417 e. The van der Waals surface area contributed by atoms with E-state index in [4.69, 9.17) is 4.42 Å². The quantitative estimate of drug-likeness (QED) is 0.429. The molecule has 3 rings (SSSR count). The molecule has 0 bridgehead atoms. The summed E-state index contributed by atoms with van der Waals surface area (Å²) in [6.07, 6.45) is 0. The fourth-order valence-corrected chi connectivity index (χ4v) is 2.35. The van der Waals surface area contributed by atoms with E-state index in [1.807, 2.05) is 0 Å². The molecule has 0 aliphatic carbocycles. The first kappa shape index (κ1) is 15.2. The molecule has 0 fully saturated rings. The van der Waals surface area contributed by atoms with Gasteiger partial charge in [-0.3, -0.25) is 10.1 Å². The van der Waals surface area contributed by atoms with Gasteiger partial charge in [0, 0.05) is 5.39 Å². The summed E-state index contributed by atoms with van der Waals surface area (Å²) < 4.78 is 4.96. The minimum Gasteiger partial charge on any atom is -0.478 e. The number of fused-ring (bicyclic) bond motifs is 1. The molecule has 8 nitrogen and oxygen atoms in total. The summed E-state index contributed by atoms with van der Waals surface area (Å²) >= 11 is 0. The molecule has 0 saturated heterocycles. The summed E-state index contributed by atoms with van der Waals surface area (Å²) in [5.74, 6) is -1.20. The van der Waals surface area contributed by atoms with Gasteiger partial charge in [-0.05, 0) is 24.3 Å². The molecule has 0 saturated carbocycles. The normalized spacial score (nSPS) is 10.5. The van der Waals surface area contributed by atoms with Crippen molar-refractivity contribution in [1.29, 1.82) is 0 Å². The summed E-state index contributed by atoms with van der Waals surface area (Å²) in [4.78, 5) is 33.7. The predicted octanol–water partition coefficient (Wildman–Crippen LogP) is 3.14. The lowest BCUT2D eigenvalue weighted by Crippen LogP contribution is -2.11. The first-order chi connectivity index (χ1) is 11.5. The van der Waals surface area contributed by atoms with E-state index in [9.17, 15) is 24.8 Å². The number of para-hydroxylation sites is 2. The van der Waals surface area contributed by atoms with E-state index in [0.29, 0.717) is 5.39 Å². The minimum atomic E-state index is -1.20. The van der Waals surface area contributed by atoms with Gasteiger partial charge in [0.25, 0.3) is 0 Å². The van der Waals surface area contributed by atoms with Gasteiger partial charge in [-0.2, -0.15) is 0 Å². The Kier molecular flexibility index (Phi) is 3.70. The van der Waals surface area contributed by atoms with Crippen molar-refractivity contribution in [3.05, 3.63) is 74.6 Å². The molecule has 0 unspecified atom stereocenters. The highest BCUT2D eigenvalue weighted by Crippen LogP contribution is 2.33. The zero-order valence-electron chi connectivity index (χ0n) is 12.1. The molecular formula is C16H10N2O6. The Morgan fingerprint density at radius 2 is 1.79 bits per heavy atom. The molecule has 24 heavy (non-hydrogen) atoms. The van der Waals surface area contributed by atoms with E-state index in [1.54, 1.807) is 18.2 Å². The van der Waals surface area contributed by atoms with Crippen molar-refractivity contribution < 1.29 is 19.2 Å². The third-order valence-corrected chi connectivity index (χ3v) is 3.39. The van der Waals surface area contributed by atoms with Crippen molar-refractivity contribution in [2.75, 3.05) is 5.32 Å². The second-order valence-corrected chi connectivity index (χ2v) is 4.84. The summed E-state index contributed by atoms with van der Waals surface area (Å²) in [5.41, 5.74) is -1.81. The fraction of sp³-hybridized carbons (Fsp3) is 0. The minimum absolute atomic E-state index is 0.0795. The number of anilines is 2. The zero-order chi connectivity index (χ0) is 17.3. The lowest BCUT2D eigenvalue weighted by molar-refractivity contribution is -0.386. The third kappa shape index (κ3) is 2.56. The number of nitro groups is 1. The van der Waals surface area contributed by atoms with Crippen LogP contribution in [0.3, 0.4) is 0 Å². The number of aromatic carboxylic acids is 1. The molecule has 120 valence electrons. The van der Waals surface area contributed by atoms with Crippen LogP contribution in [0, 0.1) is 10.1 Å². The van der Waals surface area contributed by atoms with Crippen LogP contribution in [0.2, 0.25) is 0 Å². The number of hydrogen-bond acceptors (Lipinski definition) is 6. The number of hydrogen-bond donors (Lipinski definition) is 2. The summed E-state index contributed by atoms with van der Waals surface area (Å²) in [6, 6.07) is 12.2. The molecule has 2 N–H and O–H groups in total. The molecule has 1 aromatic heterocycles. The second kappa shape index (κ2) is 5.84. The van der Waals surface area contributed by atoms with Crippen molar-refractivity contribution in [2.24, 2.45) is 0 Å². The average Bonchev–Trinajstić information content (AvgIpc) is 2.54. The number of carboxylic acids is 1. The summed E-state index contributed by atoms with van der Waals surface area (Å²) in [7, 11) is 0. The highest BCUT2D eigenvalue weighted by molar-refractivity contribution is 6.00. The van der Waals surface area contributed by atoms with Crippen LogP contribution in [0.15, 0.2) is 57.7 Å². The van der Waals surface area contributed by atoms with Crippen molar-refractivity contribution in [1.82, 2.24) is 0 Å². The molecule has 3 aromatic rings. The Bertz CT molecular complexity index is 1020. The van der Waals surface area contributed by atoms with E-state index in [-0.39, 0.29) is 22.5 Å². The van der Waals surface area contributed by atoms with Gasteiger partial charge in [-0.25, -0.2) is 9.59 Å². The maximum atomic E-state index is 11.9. The van der Waals surface area contributed by atoms with Crippen molar-refractivity contribution in [2.45, 2.75) is 0 Å². The van der Waals surface area contributed by atoms with Crippen LogP contribution in [0.5, 0.6) is 0 Å². The Hall–Kier alpha value is -3.68. The highest BCUT2D eigenvalue weighted by Gasteiger charge is 2.25. The van der Waals surface area contributed by atoms with Crippen LogP contribution in [0.1, 0.15) is 10.4 Å². The van der Waals surface area contributed by atoms with Gasteiger partial charge in [-0.1, -0.05) is 24.3 Å². The number of benzene rings is 2. The lowest BCUT2D eigenvalue weighted by atomic mass is 10.1. The van der Waals surface area contributed by atoms with Crippen LogP contribution in [-0.2, 0) is 0 Å². The van der Waals surface area contributed by atoms with Gasteiger partial charge >= 0.3 is 17.3 Å². The topological polar surface area (TPSA) is 123 Å². The Balaban J connectivity index is 2.30. The summed E-state index contributed by atoms with van der Waals surface area (Å²) in [6.45, 7) is 0. The zero-order valence-corrected chi connectivity index (χ0v) is 12.1. The molecule has 0 radical (unpaired) electrons. The number of carbonyl (C=O) groups is 1. The van der Waals surface area contributed by atoms with Gasteiger partial charge in [0.1, 0.15) is 11.3 Å². The maximum Gasteiger partial charge on any atom is 0.417 e. The van der Waals surface area contributed by atoms with Crippen LogP contribution in [0.25, 0.3) is 11.0 Å². The lowest BCUT2D eigenvalue weighted by Gasteiger charge is -2.11. The first-order valence-corrected chi connectivity index (χ1v) is 6.78. The van der Waals surface area contributed by atoms with Gasteiger partial charge in [0.05, 0.1) is 16.2 Å². The SMILES string of the molecule is O=C(O)c1ccccc1Nc1c([N+](=O)[O-])c(=O)oc2ccccc12. The standard InChI is InChI=1S/C16H10N2O6/c19-15(20)9-5-1-3-7-11(9)17-13-10-6-2-4-8-12(10)24-16(21)14(13)18(22)23/h1-8,17H,(H,19,20). The van der Waals surface area contributed by atoms with Gasteiger partial charge in [0.15, 0.2) is 0 Å². The highest BCUT2D eigenvalue weighted by atomic mass is 16.6. The largest absolute Gasteiger partial charge is 0.478 e. The monoisotopic (exact) mass is 326 g/mol. The number of nitrogens with one attached hydrogen (secondary N) is 1. The number of nitrogens with zero attached hydrogens (tertiary/aromatic N) is 1. The van der Waals surface area contributed by atoms with E-state index >= 15 is 0 Å². The summed E-state index contributed by atoms with van der Waals surface area (Å²) in [5, 5.41) is 23.5. The Morgan fingerprint density at radius 3 is 2.50 bits per heavy atom. The second-order valence-electron chi connectivity index (χ2n) is 4.84. The van der Waals surface area contributed by atoms with Gasteiger partial charge in [0.2, 0.25) is 0 Å². The van der Waals surface area contributed by atoms with Crippen molar-refractivity contribution >= 4 is 34.0 Å². The van der Waals surface area contributed by atoms with E-state index in [0.717, 1.165) is 0 Å². The predicted molar refractivity (Wildman–Crippen MR) is 85.8 cm³/mol. The molecule has 0 aliphatic rings. The van der Waals surface area contributed by atoms with E-state index in [1.165, 1.54) is 30.3 Å². The molecule has 8 heteroatoms. The Labute approximate surface area is 134 Å². The molecule has 0 aliphatic heterocycles. The molecule has 2 aromatic carbocycles.